The van der Waals surface area contributed by atoms with Crippen LogP contribution < -0.4 is 10.0 Å². The fourth-order valence-corrected chi connectivity index (χ4v) is 2.36. The Balaban J connectivity index is 2.71. The van der Waals surface area contributed by atoms with E-state index in [4.69, 9.17) is 0 Å². The number of halogens is 3. The highest BCUT2D eigenvalue weighted by molar-refractivity contribution is 7.89. The molecule has 0 fully saturated rings. The maximum atomic E-state index is 12.3. The molecular formula is C11H13F3N2O3S. The number of carbonyl (C=O) groups is 1. The van der Waals surface area contributed by atoms with Gasteiger partial charge in [0.05, 0.1) is 10.5 Å². The molecule has 1 amide bonds. The van der Waals surface area contributed by atoms with Crippen molar-refractivity contribution in [1.29, 1.82) is 0 Å². The predicted octanol–water partition coefficient (Wildman–Crippen LogP) is 1.12. The van der Waals surface area contributed by atoms with Gasteiger partial charge in [-0.3, -0.25) is 4.79 Å². The Morgan fingerprint density at radius 1 is 1.15 bits per heavy atom. The van der Waals surface area contributed by atoms with Crippen LogP contribution >= 0.6 is 0 Å². The zero-order valence-corrected chi connectivity index (χ0v) is 11.3. The van der Waals surface area contributed by atoms with Gasteiger partial charge in [-0.2, -0.15) is 13.2 Å². The SMILES string of the molecule is CC(=O)NCCNS(=O)(=O)c1ccc(C(F)(F)F)cc1. The van der Waals surface area contributed by atoms with Crippen LogP contribution in [-0.2, 0) is 21.0 Å². The monoisotopic (exact) mass is 310 g/mol. The first-order chi connectivity index (χ1) is 9.13. The lowest BCUT2D eigenvalue weighted by molar-refractivity contribution is -0.137. The highest BCUT2D eigenvalue weighted by Gasteiger charge is 2.30. The second kappa shape index (κ2) is 6.23. The van der Waals surface area contributed by atoms with Gasteiger partial charge in [0, 0.05) is 20.0 Å². The van der Waals surface area contributed by atoms with Gasteiger partial charge in [0.15, 0.2) is 0 Å². The predicted molar refractivity (Wildman–Crippen MR) is 65.3 cm³/mol. The summed E-state index contributed by atoms with van der Waals surface area (Å²) in [5.74, 6) is -0.307. The first kappa shape index (κ1) is 16.4. The smallest absolute Gasteiger partial charge is 0.355 e. The van der Waals surface area contributed by atoms with E-state index in [1.165, 1.54) is 6.92 Å². The molecule has 0 saturated heterocycles. The van der Waals surface area contributed by atoms with Gasteiger partial charge in [0.2, 0.25) is 15.9 Å². The number of hydrogen-bond donors (Lipinski definition) is 2. The Labute approximate surface area is 114 Å². The minimum absolute atomic E-state index is 0.0526. The van der Waals surface area contributed by atoms with E-state index < -0.39 is 21.8 Å². The number of rotatable bonds is 5. The summed E-state index contributed by atoms with van der Waals surface area (Å²) in [6, 6.07) is 3.15. The molecule has 0 spiro atoms. The summed E-state index contributed by atoms with van der Waals surface area (Å²) in [5, 5.41) is 2.38. The molecule has 0 aliphatic carbocycles. The molecule has 5 nitrogen and oxygen atoms in total. The van der Waals surface area contributed by atoms with E-state index in [-0.39, 0.29) is 23.9 Å². The van der Waals surface area contributed by atoms with E-state index in [1.807, 2.05) is 0 Å². The minimum Gasteiger partial charge on any atom is -0.355 e. The van der Waals surface area contributed by atoms with E-state index in [2.05, 4.69) is 10.0 Å². The Morgan fingerprint density at radius 2 is 1.70 bits per heavy atom. The minimum atomic E-state index is -4.51. The molecule has 0 bridgehead atoms. The van der Waals surface area contributed by atoms with Crippen molar-refractivity contribution in [3.63, 3.8) is 0 Å². The molecule has 0 atom stereocenters. The standard InChI is InChI=1S/C11H13F3N2O3S/c1-8(17)15-6-7-16-20(18,19)10-4-2-9(3-5-10)11(12,13)14/h2-5,16H,6-7H2,1H3,(H,15,17). The summed E-state index contributed by atoms with van der Waals surface area (Å²) in [7, 11) is -3.89. The van der Waals surface area contributed by atoms with Crippen molar-refractivity contribution in [2.45, 2.75) is 18.0 Å². The van der Waals surface area contributed by atoms with Crippen LogP contribution in [0.1, 0.15) is 12.5 Å². The van der Waals surface area contributed by atoms with Crippen LogP contribution in [-0.4, -0.2) is 27.4 Å². The third-order valence-corrected chi connectivity index (χ3v) is 3.76. The van der Waals surface area contributed by atoms with Gasteiger partial charge in [0.1, 0.15) is 0 Å². The lowest BCUT2D eigenvalue weighted by atomic mass is 10.2. The molecule has 9 heteroatoms. The zero-order chi connectivity index (χ0) is 15.4. The quantitative estimate of drug-likeness (QED) is 0.800. The maximum Gasteiger partial charge on any atom is 0.416 e. The second-order valence-corrected chi connectivity index (χ2v) is 5.67. The van der Waals surface area contributed by atoms with Crippen molar-refractivity contribution in [3.8, 4) is 0 Å². The Kier molecular flexibility index (Phi) is 5.12. The lowest BCUT2D eigenvalue weighted by Gasteiger charge is -2.09. The molecular weight excluding hydrogens is 297 g/mol. The molecule has 0 aliphatic rings. The van der Waals surface area contributed by atoms with Crippen LogP contribution in [0.5, 0.6) is 0 Å². The third kappa shape index (κ3) is 4.82. The van der Waals surface area contributed by atoms with Crippen LogP contribution in [0.4, 0.5) is 13.2 Å². The Hall–Kier alpha value is -1.61. The van der Waals surface area contributed by atoms with Crippen molar-refractivity contribution >= 4 is 15.9 Å². The topological polar surface area (TPSA) is 75.3 Å². The van der Waals surface area contributed by atoms with Gasteiger partial charge in [0.25, 0.3) is 0 Å². The number of carbonyl (C=O) groups excluding carboxylic acids is 1. The van der Waals surface area contributed by atoms with Crippen LogP contribution in [0, 0.1) is 0 Å². The molecule has 20 heavy (non-hydrogen) atoms. The summed E-state index contributed by atoms with van der Waals surface area (Å²) in [6.07, 6.45) is -4.51. The van der Waals surface area contributed by atoms with Crippen molar-refractivity contribution in [3.05, 3.63) is 29.8 Å². The van der Waals surface area contributed by atoms with Crippen molar-refractivity contribution < 1.29 is 26.4 Å². The molecule has 1 rings (SSSR count). The second-order valence-electron chi connectivity index (χ2n) is 3.90. The first-order valence-corrected chi connectivity index (χ1v) is 7.02. The van der Waals surface area contributed by atoms with Gasteiger partial charge < -0.3 is 5.32 Å². The van der Waals surface area contributed by atoms with Gasteiger partial charge in [-0.25, -0.2) is 13.1 Å². The van der Waals surface area contributed by atoms with E-state index in [1.54, 1.807) is 0 Å². The molecule has 0 heterocycles. The molecule has 1 aromatic carbocycles. The van der Waals surface area contributed by atoms with Crippen molar-refractivity contribution in [1.82, 2.24) is 10.0 Å². The fourth-order valence-electron chi connectivity index (χ4n) is 1.33. The summed E-state index contributed by atoms with van der Waals surface area (Å²) in [4.78, 5) is 10.3. The van der Waals surface area contributed by atoms with E-state index in [9.17, 15) is 26.4 Å². The van der Waals surface area contributed by atoms with Crippen LogP contribution in [0.3, 0.4) is 0 Å². The molecule has 0 aromatic heterocycles. The number of sulfonamides is 1. The Morgan fingerprint density at radius 3 is 2.15 bits per heavy atom. The number of amides is 1. The highest BCUT2D eigenvalue weighted by atomic mass is 32.2. The summed E-state index contributed by atoms with van der Waals surface area (Å²) in [6.45, 7) is 1.32. The number of nitrogens with one attached hydrogen (secondary N) is 2. The first-order valence-electron chi connectivity index (χ1n) is 5.54. The summed E-state index contributed by atoms with van der Waals surface area (Å²) < 4.78 is 62.6. The maximum absolute atomic E-state index is 12.3. The van der Waals surface area contributed by atoms with E-state index in [0.717, 1.165) is 12.1 Å². The van der Waals surface area contributed by atoms with Gasteiger partial charge >= 0.3 is 6.18 Å². The normalized spacial score (nSPS) is 12.2. The molecule has 1 aromatic rings. The van der Waals surface area contributed by atoms with E-state index in [0.29, 0.717) is 12.1 Å². The average molecular weight is 310 g/mol. The van der Waals surface area contributed by atoms with Gasteiger partial charge in [-0.1, -0.05) is 0 Å². The van der Waals surface area contributed by atoms with Crippen molar-refractivity contribution in [2.75, 3.05) is 13.1 Å². The van der Waals surface area contributed by atoms with Gasteiger partial charge in [-0.15, -0.1) is 0 Å². The largest absolute Gasteiger partial charge is 0.416 e. The fraction of sp³-hybridized carbons (Fsp3) is 0.364. The molecule has 112 valence electrons. The summed E-state index contributed by atoms with van der Waals surface area (Å²) >= 11 is 0. The lowest BCUT2D eigenvalue weighted by Crippen LogP contribution is -2.33. The number of hydrogen-bond acceptors (Lipinski definition) is 3. The number of alkyl halides is 3. The average Bonchev–Trinajstić information content (AvgIpc) is 2.34. The summed E-state index contributed by atoms with van der Waals surface area (Å²) in [5.41, 5.74) is -0.922. The highest BCUT2D eigenvalue weighted by Crippen LogP contribution is 2.29. The van der Waals surface area contributed by atoms with Crippen LogP contribution in [0.25, 0.3) is 0 Å². The molecule has 2 N–H and O–H groups in total. The molecule has 0 unspecified atom stereocenters. The molecule has 0 radical (unpaired) electrons. The van der Waals surface area contributed by atoms with Crippen LogP contribution in [0.2, 0.25) is 0 Å². The van der Waals surface area contributed by atoms with E-state index >= 15 is 0 Å². The molecule has 0 saturated carbocycles. The van der Waals surface area contributed by atoms with Crippen LogP contribution in [0.15, 0.2) is 29.2 Å². The zero-order valence-electron chi connectivity index (χ0n) is 10.5. The van der Waals surface area contributed by atoms with Crippen molar-refractivity contribution in [2.24, 2.45) is 0 Å². The third-order valence-electron chi connectivity index (χ3n) is 2.28. The van der Waals surface area contributed by atoms with Gasteiger partial charge in [-0.05, 0) is 24.3 Å². The number of benzene rings is 1. The Bertz CT molecular complexity index is 568. The molecule has 0 aliphatic heterocycles.